The Morgan fingerprint density at radius 3 is 2.35 bits per heavy atom. The van der Waals surface area contributed by atoms with Crippen LogP contribution in [0.15, 0.2) is 18.2 Å². The van der Waals surface area contributed by atoms with Gasteiger partial charge >= 0.3 is 12.1 Å². The molecule has 112 valence electrons. The fraction of sp³-hybridized carbons (Fsp3) is 0.417. The Kier molecular flexibility index (Phi) is 4.96. The predicted molar refractivity (Wildman–Crippen MR) is 61.2 cm³/mol. The molecule has 0 aliphatic carbocycles. The molecular formula is C12H13F3O5. The third-order valence-corrected chi connectivity index (χ3v) is 2.58. The molecule has 0 spiro atoms. The number of carboxylic acid groups (broad SMARTS) is 1. The van der Waals surface area contributed by atoms with Gasteiger partial charge in [0.25, 0.3) is 0 Å². The summed E-state index contributed by atoms with van der Waals surface area (Å²) in [6.07, 6.45) is -8.93. The number of alkyl halides is 3. The first kappa shape index (κ1) is 16.3. The third-order valence-electron chi connectivity index (χ3n) is 2.58. The van der Waals surface area contributed by atoms with Crippen LogP contribution >= 0.6 is 0 Å². The van der Waals surface area contributed by atoms with Gasteiger partial charge in [0.1, 0.15) is 11.9 Å². The first-order valence-corrected chi connectivity index (χ1v) is 5.49. The van der Waals surface area contributed by atoms with Crippen molar-refractivity contribution in [1.82, 2.24) is 0 Å². The summed E-state index contributed by atoms with van der Waals surface area (Å²) in [5.74, 6) is -1.54. The highest BCUT2D eigenvalue weighted by atomic mass is 19.4. The van der Waals surface area contributed by atoms with Gasteiger partial charge in [-0.15, -0.1) is 0 Å². The highest BCUT2D eigenvalue weighted by Crippen LogP contribution is 2.34. The van der Waals surface area contributed by atoms with Crippen LogP contribution in [0.25, 0.3) is 0 Å². The molecule has 0 radical (unpaired) electrons. The second kappa shape index (κ2) is 6.10. The molecule has 1 aromatic carbocycles. The van der Waals surface area contributed by atoms with Crippen molar-refractivity contribution >= 4 is 5.97 Å². The Hall–Kier alpha value is -1.80. The zero-order valence-electron chi connectivity index (χ0n) is 10.4. The molecule has 0 amide bonds. The van der Waals surface area contributed by atoms with Crippen molar-refractivity contribution in [2.45, 2.75) is 24.8 Å². The van der Waals surface area contributed by atoms with E-state index in [0.717, 1.165) is 19.2 Å². The Labute approximate surface area is 112 Å². The molecule has 1 aromatic rings. The van der Waals surface area contributed by atoms with Gasteiger partial charge in [-0.3, -0.25) is 4.79 Å². The second-order valence-corrected chi connectivity index (χ2v) is 4.10. The maximum absolute atomic E-state index is 12.7. The van der Waals surface area contributed by atoms with E-state index in [1.54, 1.807) is 0 Å². The lowest BCUT2D eigenvalue weighted by molar-refractivity contribution is -0.141. The average Bonchev–Trinajstić information content (AvgIpc) is 2.35. The zero-order valence-corrected chi connectivity index (χ0v) is 10.4. The van der Waals surface area contributed by atoms with Gasteiger partial charge in [0.2, 0.25) is 0 Å². The van der Waals surface area contributed by atoms with Crippen LogP contribution < -0.4 is 4.74 Å². The maximum atomic E-state index is 12.7. The van der Waals surface area contributed by atoms with E-state index in [0.29, 0.717) is 6.07 Å². The number of benzene rings is 1. The van der Waals surface area contributed by atoms with E-state index in [1.165, 1.54) is 0 Å². The number of hydrogen-bond donors (Lipinski definition) is 3. The number of carbonyl (C=O) groups is 1. The molecule has 0 saturated heterocycles. The lowest BCUT2D eigenvalue weighted by Gasteiger charge is -2.19. The van der Waals surface area contributed by atoms with Crippen molar-refractivity contribution in [2.24, 2.45) is 0 Å². The topological polar surface area (TPSA) is 87.0 Å². The van der Waals surface area contributed by atoms with Crippen molar-refractivity contribution in [3.8, 4) is 5.75 Å². The number of carboxylic acids is 1. The summed E-state index contributed by atoms with van der Waals surface area (Å²) in [6, 6.07) is 2.48. The summed E-state index contributed by atoms with van der Waals surface area (Å²) < 4.78 is 42.7. The molecule has 0 aliphatic heterocycles. The number of halogens is 3. The second-order valence-electron chi connectivity index (χ2n) is 4.10. The van der Waals surface area contributed by atoms with Crippen molar-refractivity contribution in [3.05, 3.63) is 29.3 Å². The van der Waals surface area contributed by atoms with E-state index in [-0.39, 0.29) is 11.3 Å². The van der Waals surface area contributed by atoms with Crippen LogP contribution in [0.2, 0.25) is 0 Å². The number of aliphatic hydroxyl groups excluding tert-OH is 2. The fourth-order valence-corrected chi connectivity index (χ4v) is 1.59. The summed E-state index contributed by atoms with van der Waals surface area (Å²) in [5, 5.41) is 27.6. The fourth-order valence-electron chi connectivity index (χ4n) is 1.59. The van der Waals surface area contributed by atoms with Gasteiger partial charge < -0.3 is 20.1 Å². The number of aliphatic hydroxyl groups is 2. The Bertz CT molecular complexity index is 486. The lowest BCUT2D eigenvalue weighted by atomic mass is 9.99. The minimum Gasteiger partial charge on any atom is -0.497 e. The van der Waals surface area contributed by atoms with Crippen LogP contribution in [0.4, 0.5) is 13.2 Å². The van der Waals surface area contributed by atoms with Crippen molar-refractivity contribution < 1.29 is 38.0 Å². The van der Waals surface area contributed by atoms with Crippen molar-refractivity contribution in [1.29, 1.82) is 0 Å². The van der Waals surface area contributed by atoms with E-state index >= 15 is 0 Å². The molecule has 0 fully saturated rings. The Morgan fingerprint density at radius 2 is 1.90 bits per heavy atom. The molecule has 8 heteroatoms. The van der Waals surface area contributed by atoms with E-state index < -0.39 is 36.3 Å². The zero-order chi connectivity index (χ0) is 15.5. The Morgan fingerprint density at radius 1 is 1.30 bits per heavy atom. The molecule has 5 nitrogen and oxygen atoms in total. The largest absolute Gasteiger partial charge is 0.497 e. The van der Waals surface area contributed by atoms with Crippen molar-refractivity contribution in [2.75, 3.05) is 7.11 Å². The SMILES string of the molecule is COc1cc(C(O)C(O)CC(=O)O)cc(C(F)(F)F)c1. The third kappa shape index (κ3) is 4.10. The monoisotopic (exact) mass is 294 g/mol. The lowest BCUT2D eigenvalue weighted by Crippen LogP contribution is -2.22. The van der Waals surface area contributed by atoms with E-state index in [9.17, 15) is 28.2 Å². The molecule has 0 aliphatic rings. The minimum atomic E-state index is -4.65. The van der Waals surface area contributed by atoms with Crippen LogP contribution in [-0.2, 0) is 11.0 Å². The van der Waals surface area contributed by atoms with Crippen LogP contribution in [-0.4, -0.2) is 34.5 Å². The number of aliphatic carboxylic acids is 1. The first-order valence-electron chi connectivity index (χ1n) is 5.49. The number of hydrogen-bond acceptors (Lipinski definition) is 4. The minimum absolute atomic E-state index is 0.156. The smallest absolute Gasteiger partial charge is 0.416 e. The van der Waals surface area contributed by atoms with Crippen molar-refractivity contribution in [3.63, 3.8) is 0 Å². The number of ether oxygens (including phenoxy) is 1. The predicted octanol–water partition coefficient (Wildman–Crippen LogP) is 1.58. The molecule has 2 atom stereocenters. The van der Waals surface area contributed by atoms with Crippen LogP contribution in [0.3, 0.4) is 0 Å². The summed E-state index contributed by atoms with van der Waals surface area (Å²) >= 11 is 0. The number of rotatable bonds is 5. The molecule has 0 bridgehead atoms. The molecule has 0 aromatic heterocycles. The summed E-state index contributed by atoms with van der Waals surface area (Å²) in [4.78, 5) is 10.4. The van der Waals surface area contributed by atoms with Crippen LogP contribution in [0, 0.1) is 0 Å². The van der Waals surface area contributed by atoms with E-state index in [4.69, 9.17) is 9.84 Å². The average molecular weight is 294 g/mol. The van der Waals surface area contributed by atoms with Gasteiger partial charge in [-0.05, 0) is 23.8 Å². The standard InChI is InChI=1S/C12H13F3O5/c1-20-8-3-6(2-7(4-8)12(13,14)15)11(19)9(16)5-10(17)18/h2-4,9,11,16,19H,5H2,1H3,(H,17,18). The normalized spacial score (nSPS) is 14.7. The van der Waals surface area contributed by atoms with Gasteiger partial charge in [0, 0.05) is 0 Å². The molecule has 20 heavy (non-hydrogen) atoms. The summed E-state index contributed by atoms with van der Waals surface area (Å²) in [7, 11) is 1.15. The molecule has 3 N–H and O–H groups in total. The molecule has 0 heterocycles. The van der Waals surface area contributed by atoms with Gasteiger partial charge in [0.15, 0.2) is 0 Å². The van der Waals surface area contributed by atoms with Gasteiger partial charge in [-0.25, -0.2) is 0 Å². The first-order chi connectivity index (χ1) is 9.15. The Balaban J connectivity index is 3.13. The van der Waals surface area contributed by atoms with Crippen LogP contribution in [0.5, 0.6) is 5.75 Å². The van der Waals surface area contributed by atoms with E-state index in [1.807, 2.05) is 0 Å². The highest BCUT2D eigenvalue weighted by Gasteiger charge is 2.33. The summed E-state index contributed by atoms with van der Waals surface area (Å²) in [6.45, 7) is 0. The molecular weight excluding hydrogens is 281 g/mol. The number of methoxy groups -OCH3 is 1. The molecule has 0 saturated carbocycles. The summed E-state index contributed by atoms with van der Waals surface area (Å²) in [5.41, 5.74) is -1.33. The van der Waals surface area contributed by atoms with Gasteiger partial charge in [-0.2, -0.15) is 13.2 Å². The van der Waals surface area contributed by atoms with Gasteiger partial charge in [-0.1, -0.05) is 0 Å². The molecule has 1 rings (SSSR count). The van der Waals surface area contributed by atoms with Crippen LogP contribution in [0.1, 0.15) is 23.7 Å². The van der Waals surface area contributed by atoms with Gasteiger partial charge in [0.05, 0.1) is 25.2 Å². The van der Waals surface area contributed by atoms with E-state index in [2.05, 4.69) is 0 Å². The quantitative estimate of drug-likeness (QED) is 0.767. The molecule has 2 unspecified atom stereocenters. The maximum Gasteiger partial charge on any atom is 0.416 e. The highest BCUT2D eigenvalue weighted by molar-refractivity contribution is 5.67.